The first kappa shape index (κ1) is 22.7. The van der Waals surface area contributed by atoms with Crippen molar-refractivity contribution in [2.75, 3.05) is 20.2 Å². The SMILES string of the molecule is CCCCC(=O)NCCN1C(=O)S/C(=C\c2ccc(OC(F)F)c(OC)c2)C1=O. The van der Waals surface area contributed by atoms with E-state index >= 15 is 0 Å². The number of unbranched alkanes of at least 4 members (excludes halogenated alkanes) is 1. The van der Waals surface area contributed by atoms with Gasteiger partial charge in [-0.3, -0.25) is 19.3 Å². The van der Waals surface area contributed by atoms with Gasteiger partial charge in [-0.15, -0.1) is 0 Å². The van der Waals surface area contributed by atoms with Gasteiger partial charge in [-0.05, 0) is 42.0 Å². The second kappa shape index (κ2) is 10.8. The number of halogens is 2. The number of imide groups is 1. The molecular formula is C19H22F2N2O5S. The molecule has 3 amide bonds. The van der Waals surface area contributed by atoms with E-state index in [0.29, 0.717) is 12.0 Å². The Morgan fingerprint density at radius 1 is 1.31 bits per heavy atom. The highest BCUT2D eigenvalue weighted by molar-refractivity contribution is 8.18. The number of nitrogens with one attached hydrogen (secondary N) is 1. The third kappa shape index (κ3) is 6.45. The molecule has 1 aromatic rings. The molecule has 0 aromatic heterocycles. The van der Waals surface area contributed by atoms with Crippen LogP contribution in [0.25, 0.3) is 6.08 Å². The molecule has 1 heterocycles. The van der Waals surface area contributed by atoms with E-state index in [2.05, 4.69) is 10.1 Å². The minimum atomic E-state index is -2.99. The maximum absolute atomic E-state index is 12.5. The number of carbonyl (C=O) groups is 3. The molecule has 1 N–H and O–H groups in total. The first-order chi connectivity index (χ1) is 13.8. The quantitative estimate of drug-likeness (QED) is 0.573. The fourth-order valence-corrected chi connectivity index (χ4v) is 3.41. The fourth-order valence-electron chi connectivity index (χ4n) is 2.54. The van der Waals surface area contributed by atoms with Crippen LogP contribution in [0.1, 0.15) is 31.7 Å². The number of amides is 3. The highest BCUT2D eigenvalue weighted by Gasteiger charge is 2.34. The second-order valence-corrected chi connectivity index (χ2v) is 7.07. The van der Waals surface area contributed by atoms with Crippen molar-refractivity contribution in [1.82, 2.24) is 10.2 Å². The van der Waals surface area contributed by atoms with Gasteiger partial charge in [0, 0.05) is 19.5 Å². The van der Waals surface area contributed by atoms with Crippen LogP contribution >= 0.6 is 11.8 Å². The molecule has 7 nitrogen and oxygen atoms in total. The van der Waals surface area contributed by atoms with E-state index in [1.165, 1.54) is 31.4 Å². The van der Waals surface area contributed by atoms with Gasteiger partial charge in [0.15, 0.2) is 11.5 Å². The zero-order valence-electron chi connectivity index (χ0n) is 16.1. The maximum Gasteiger partial charge on any atom is 0.387 e. The third-order valence-electron chi connectivity index (χ3n) is 3.99. The lowest BCUT2D eigenvalue weighted by atomic mass is 10.2. The summed E-state index contributed by atoms with van der Waals surface area (Å²) >= 11 is 0.771. The van der Waals surface area contributed by atoms with Crippen LogP contribution in [-0.2, 0) is 9.59 Å². The number of rotatable bonds is 10. The standard InChI is InChI=1S/C19H22F2N2O5S/c1-3-4-5-16(24)22-8-9-23-17(25)15(29-19(23)26)11-12-6-7-13(28-18(20)21)14(10-12)27-2/h6-7,10-11,18H,3-5,8-9H2,1-2H3,(H,22,24)/b15-11-. The summed E-state index contributed by atoms with van der Waals surface area (Å²) in [5.74, 6) is -0.651. The van der Waals surface area contributed by atoms with E-state index in [0.717, 1.165) is 29.5 Å². The zero-order valence-corrected chi connectivity index (χ0v) is 16.9. The molecule has 1 aliphatic heterocycles. The lowest BCUT2D eigenvalue weighted by Gasteiger charge is -2.13. The summed E-state index contributed by atoms with van der Waals surface area (Å²) in [5, 5.41) is 2.24. The minimum Gasteiger partial charge on any atom is -0.493 e. The number of nitrogens with zero attached hydrogens (tertiary/aromatic N) is 1. The normalized spacial score (nSPS) is 15.3. The largest absolute Gasteiger partial charge is 0.493 e. The number of hydrogen-bond acceptors (Lipinski definition) is 6. The highest BCUT2D eigenvalue weighted by atomic mass is 32.2. The Hall–Kier alpha value is -2.62. The summed E-state index contributed by atoms with van der Waals surface area (Å²) in [6, 6.07) is 4.20. The Morgan fingerprint density at radius 2 is 2.07 bits per heavy atom. The number of hydrogen-bond donors (Lipinski definition) is 1. The molecule has 0 bridgehead atoms. The number of carbonyl (C=O) groups excluding carboxylic acids is 3. The van der Waals surface area contributed by atoms with E-state index in [-0.39, 0.29) is 35.4 Å². The van der Waals surface area contributed by atoms with E-state index < -0.39 is 17.8 Å². The topological polar surface area (TPSA) is 84.9 Å². The number of alkyl halides is 2. The Morgan fingerprint density at radius 3 is 2.72 bits per heavy atom. The molecule has 1 aliphatic rings. The first-order valence-corrected chi connectivity index (χ1v) is 9.82. The van der Waals surface area contributed by atoms with Crippen LogP contribution < -0.4 is 14.8 Å². The molecule has 0 aliphatic carbocycles. The van der Waals surface area contributed by atoms with Crippen molar-refractivity contribution in [3.63, 3.8) is 0 Å². The maximum atomic E-state index is 12.5. The van der Waals surface area contributed by atoms with Crippen LogP contribution in [0, 0.1) is 0 Å². The Balaban J connectivity index is 2.03. The molecule has 0 radical (unpaired) electrons. The van der Waals surface area contributed by atoms with Crippen molar-refractivity contribution < 1.29 is 32.6 Å². The van der Waals surface area contributed by atoms with Crippen LogP contribution in [0.4, 0.5) is 13.6 Å². The summed E-state index contributed by atoms with van der Waals surface area (Å²) < 4.78 is 34.2. The van der Waals surface area contributed by atoms with Crippen LogP contribution in [0.3, 0.4) is 0 Å². The van der Waals surface area contributed by atoms with Gasteiger partial charge >= 0.3 is 6.61 Å². The lowest BCUT2D eigenvalue weighted by molar-refractivity contribution is -0.124. The van der Waals surface area contributed by atoms with E-state index in [1.54, 1.807) is 0 Å². The Kier molecular flexibility index (Phi) is 8.44. The molecule has 1 fully saturated rings. The second-order valence-electron chi connectivity index (χ2n) is 6.08. The van der Waals surface area contributed by atoms with Crippen LogP contribution in [0.5, 0.6) is 11.5 Å². The molecule has 158 valence electrons. The van der Waals surface area contributed by atoms with E-state index in [1.807, 2.05) is 6.92 Å². The number of methoxy groups -OCH3 is 1. The highest BCUT2D eigenvalue weighted by Crippen LogP contribution is 2.34. The monoisotopic (exact) mass is 428 g/mol. The van der Waals surface area contributed by atoms with Crippen LogP contribution in [0.15, 0.2) is 23.1 Å². The molecule has 0 unspecified atom stereocenters. The lowest BCUT2D eigenvalue weighted by Crippen LogP contribution is -2.37. The van der Waals surface area contributed by atoms with Crippen molar-refractivity contribution in [3.8, 4) is 11.5 Å². The average Bonchev–Trinajstić information content (AvgIpc) is 2.94. The van der Waals surface area contributed by atoms with Gasteiger partial charge in [0.1, 0.15) is 0 Å². The minimum absolute atomic E-state index is 0.0738. The number of ether oxygens (including phenoxy) is 2. The summed E-state index contributed by atoms with van der Waals surface area (Å²) in [7, 11) is 1.31. The van der Waals surface area contributed by atoms with Gasteiger partial charge in [-0.25, -0.2) is 0 Å². The van der Waals surface area contributed by atoms with Gasteiger partial charge in [-0.2, -0.15) is 8.78 Å². The molecule has 1 aromatic carbocycles. The molecule has 0 spiro atoms. The summed E-state index contributed by atoms with van der Waals surface area (Å²) in [6.07, 6.45) is 3.56. The summed E-state index contributed by atoms with van der Waals surface area (Å²) in [4.78, 5) is 37.5. The van der Waals surface area contributed by atoms with Gasteiger partial charge in [0.05, 0.1) is 12.0 Å². The van der Waals surface area contributed by atoms with Gasteiger partial charge in [-0.1, -0.05) is 19.4 Å². The molecule has 1 saturated heterocycles. The van der Waals surface area contributed by atoms with Crippen molar-refractivity contribution in [2.24, 2.45) is 0 Å². The van der Waals surface area contributed by atoms with Crippen molar-refractivity contribution in [2.45, 2.75) is 32.8 Å². The van der Waals surface area contributed by atoms with Crippen LogP contribution in [0.2, 0.25) is 0 Å². The number of thioether (sulfide) groups is 1. The Bertz CT molecular complexity index is 801. The van der Waals surface area contributed by atoms with Crippen molar-refractivity contribution in [3.05, 3.63) is 28.7 Å². The molecule has 29 heavy (non-hydrogen) atoms. The van der Waals surface area contributed by atoms with E-state index in [4.69, 9.17) is 4.74 Å². The van der Waals surface area contributed by atoms with Gasteiger partial charge in [0.2, 0.25) is 5.91 Å². The molecular weight excluding hydrogens is 406 g/mol. The third-order valence-corrected chi connectivity index (χ3v) is 4.90. The predicted molar refractivity (Wildman–Crippen MR) is 105 cm³/mol. The molecule has 2 rings (SSSR count). The zero-order chi connectivity index (χ0) is 21.4. The van der Waals surface area contributed by atoms with Gasteiger partial charge in [0.25, 0.3) is 11.1 Å². The van der Waals surface area contributed by atoms with Gasteiger partial charge < -0.3 is 14.8 Å². The average molecular weight is 428 g/mol. The van der Waals surface area contributed by atoms with E-state index in [9.17, 15) is 23.2 Å². The van der Waals surface area contributed by atoms with Crippen molar-refractivity contribution >= 4 is 34.9 Å². The number of benzene rings is 1. The molecule has 10 heteroatoms. The predicted octanol–water partition coefficient (Wildman–Crippen LogP) is 3.64. The van der Waals surface area contributed by atoms with Crippen molar-refractivity contribution in [1.29, 1.82) is 0 Å². The Labute approximate surface area is 171 Å². The van der Waals surface area contributed by atoms with Crippen LogP contribution in [-0.4, -0.2) is 48.8 Å². The molecule has 0 saturated carbocycles. The molecule has 0 atom stereocenters. The summed E-state index contributed by atoms with van der Waals surface area (Å²) in [5.41, 5.74) is 0.488. The smallest absolute Gasteiger partial charge is 0.387 e. The summed E-state index contributed by atoms with van der Waals surface area (Å²) in [6.45, 7) is -0.755. The first-order valence-electron chi connectivity index (χ1n) is 9.00. The fraction of sp³-hybridized carbons (Fsp3) is 0.421.